The van der Waals surface area contributed by atoms with Crippen LogP contribution in [0.5, 0.6) is 0 Å². The van der Waals surface area contributed by atoms with Crippen LogP contribution in [0.2, 0.25) is 0 Å². The number of hydrogen-bond donors (Lipinski definition) is 4. The van der Waals surface area contributed by atoms with Crippen molar-refractivity contribution in [2.24, 2.45) is 46.3 Å². The number of nitrogens with zero attached hydrogens (tertiary/aromatic N) is 1. The van der Waals surface area contributed by atoms with Gasteiger partial charge in [0.1, 0.15) is 0 Å². The predicted molar refractivity (Wildman–Crippen MR) is 129 cm³/mol. The Morgan fingerprint density at radius 2 is 1.72 bits per heavy atom. The largest absolute Gasteiger partial charge is 0.390 e. The Balaban J connectivity index is 1.29. The van der Waals surface area contributed by atoms with E-state index in [9.17, 15) is 19.7 Å². The molecule has 0 saturated heterocycles. The van der Waals surface area contributed by atoms with E-state index in [1.165, 1.54) is 0 Å². The number of halogens is 3. The van der Waals surface area contributed by atoms with Gasteiger partial charge in [-0.25, -0.2) is 13.2 Å². The molecule has 5 rings (SSSR count). The van der Waals surface area contributed by atoms with E-state index in [0.717, 1.165) is 44.7 Å². The molecule has 4 aliphatic rings. The van der Waals surface area contributed by atoms with Gasteiger partial charge in [0, 0.05) is 12.3 Å². The molecule has 1 heterocycles. The average Bonchev–Trinajstić information content (AvgIpc) is 3.40. The van der Waals surface area contributed by atoms with Gasteiger partial charge >= 0.3 is 0 Å². The van der Waals surface area contributed by atoms with E-state index in [2.05, 4.69) is 31.0 Å². The zero-order chi connectivity index (χ0) is 26.0. The molecule has 11 atom stereocenters. The molecule has 204 valence electrons. The van der Waals surface area contributed by atoms with Crippen LogP contribution in [0.1, 0.15) is 96.8 Å². The highest BCUT2D eigenvalue weighted by Crippen LogP contribution is 2.71. The summed E-state index contributed by atoms with van der Waals surface area (Å²) in [6.45, 7) is 6.55. The first-order valence-corrected chi connectivity index (χ1v) is 14.0. The van der Waals surface area contributed by atoms with Gasteiger partial charge in [0.25, 0.3) is 5.92 Å². The Bertz CT molecular complexity index is 943. The molecule has 1 aromatic heterocycles. The van der Waals surface area contributed by atoms with Gasteiger partial charge in [0.05, 0.1) is 30.2 Å². The topological polar surface area (TPSA) is 89.4 Å². The number of aliphatic hydroxyl groups excluding tert-OH is 3. The zero-order valence-corrected chi connectivity index (χ0v) is 21.8. The standard InChI is InChI=1S/C28H43F3N2O3/c1-15(5-4-6-21(34)24-20(29)14-32-33-24)16-7-8-17-23-18(9-11-26(16,17)2)27(3)12-10-22(35)25(36)19(27)13-28(23,30)31/h14-19,21-23,25,34-36H,4-13H2,1-3H3,(H,32,33)/t15-,16-,17+,18+,19+,21?,22+,23+,25-,26-,27-/m1/s1. The van der Waals surface area contributed by atoms with Gasteiger partial charge in [-0.1, -0.05) is 33.6 Å². The number of hydrogen-bond acceptors (Lipinski definition) is 4. The minimum Gasteiger partial charge on any atom is -0.390 e. The normalized spacial score (nSPS) is 45.4. The molecule has 0 aromatic carbocycles. The summed E-state index contributed by atoms with van der Waals surface area (Å²) in [4.78, 5) is 0. The smallest absolute Gasteiger partial charge is 0.251 e. The highest BCUT2D eigenvalue weighted by molar-refractivity contribution is 5.15. The van der Waals surface area contributed by atoms with E-state index in [1.54, 1.807) is 0 Å². The molecule has 1 aromatic rings. The summed E-state index contributed by atoms with van der Waals surface area (Å²) in [5.41, 5.74) is -0.372. The molecule has 0 spiro atoms. The van der Waals surface area contributed by atoms with Crippen LogP contribution >= 0.6 is 0 Å². The van der Waals surface area contributed by atoms with Crippen molar-refractivity contribution in [2.75, 3.05) is 0 Å². The van der Waals surface area contributed by atoms with Crippen LogP contribution in [-0.2, 0) is 0 Å². The van der Waals surface area contributed by atoms with Gasteiger partial charge in [-0.3, -0.25) is 5.10 Å². The van der Waals surface area contributed by atoms with Crippen LogP contribution in [0.3, 0.4) is 0 Å². The number of fused-ring (bicyclic) bond motifs is 5. The summed E-state index contributed by atoms with van der Waals surface area (Å²) in [6.07, 6.45) is 4.54. The third-order valence-corrected chi connectivity index (χ3v) is 11.6. The molecule has 4 fully saturated rings. The first-order valence-electron chi connectivity index (χ1n) is 14.0. The van der Waals surface area contributed by atoms with Gasteiger partial charge in [0.2, 0.25) is 0 Å². The highest BCUT2D eigenvalue weighted by Gasteiger charge is 2.69. The fraction of sp³-hybridized carbons (Fsp3) is 0.893. The van der Waals surface area contributed by atoms with Crippen molar-refractivity contribution in [1.29, 1.82) is 0 Å². The van der Waals surface area contributed by atoms with Crippen molar-refractivity contribution in [2.45, 2.75) is 109 Å². The van der Waals surface area contributed by atoms with Crippen molar-refractivity contribution in [1.82, 2.24) is 10.2 Å². The second-order valence-electron chi connectivity index (χ2n) is 13.2. The molecule has 0 radical (unpaired) electrons. The Morgan fingerprint density at radius 3 is 2.42 bits per heavy atom. The molecule has 4 aliphatic carbocycles. The number of aliphatic hydroxyl groups is 3. The van der Waals surface area contributed by atoms with Crippen molar-refractivity contribution in [3.63, 3.8) is 0 Å². The predicted octanol–water partition coefficient (Wildman–Crippen LogP) is 5.62. The van der Waals surface area contributed by atoms with E-state index in [1.807, 2.05) is 0 Å². The van der Waals surface area contributed by atoms with Crippen LogP contribution in [0.15, 0.2) is 6.20 Å². The third kappa shape index (κ3) is 4.05. The quantitative estimate of drug-likeness (QED) is 0.398. The third-order valence-electron chi connectivity index (χ3n) is 11.6. The number of aromatic nitrogens is 2. The molecule has 8 heteroatoms. The summed E-state index contributed by atoms with van der Waals surface area (Å²) in [5, 5.41) is 37.4. The summed E-state index contributed by atoms with van der Waals surface area (Å²) in [7, 11) is 0. The first-order chi connectivity index (χ1) is 16.9. The monoisotopic (exact) mass is 512 g/mol. The minimum atomic E-state index is -2.84. The summed E-state index contributed by atoms with van der Waals surface area (Å²) in [6, 6.07) is 0. The number of nitrogens with one attached hydrogen (secondary N) is 1. The lowest BCUT2D eigenvalue weighted by molar-refractivity contribution is -0.258. The van der Waals surface area contributed by atoms with Crippen LogP contribution in [-0.4, -0.2) is 43.6 Å². The summed E-state index contributed by atoms with van der Waals surface area (Å²) in [5.74, 6) is -4.05. The summed E-state index contributed by atoms with van der Waals surface area (Å²) < 4.78 is 45.5. The van der Waals surface area contributed by atoms with Crippen molar-refractivity contribution in [3.05, 3.63) is 17.7 Å². The molecule has 1 unspecified atom stereocenters. The number of alkyl halides is 2. The van der Waals surface area contributed by atoms with Gasteiger partial charge in [-0.2, -0.15) is 5.10 Å². The highest BCUT2D eigenvalue weighted by atomic mass is 19.3. The molecule has 0 aliphatic heterocycles. The van der Waals surface area contributed by atoms with E-state index in [-0.39, 0.29) is 34.8 Å². The SMILES string of the molecule is C[C@H](CCCC(O)c1[nH]ncc1F)[C@H]1CC[C@H]2[C@H]3[C@H](CC[C@]12C)[C@@]1(C)CC[C@H](O)[C@H](O)[C@@H]1CC3(F)F. The molecule has 0 amide bonds. The Labute approximate surface area is 212 Å². The van der Waals surface area contributed by atoms with Crippen LogP contribution in [0.4, 0.5) is 13.2 Å². The van der Waals surface area contributed by atoms with Gasteiger partial charge < -0.3 is 15.3 Å². The molecule has 5 nitrogen and oxygen atoms in total. The second-order valence-corrected chi connectivity index (χ2v) is 13.2. The fourth-order valence-corrected chi connectivity index (χ4v) is 9.65. The number of H-pyrrole nitrogens is 1. The fourth-order valence-electron chi connectivity index (χ4n) is 9.65. The number of aromatic amines is 1. The first kappa shape index (κ1) is 26.5. The molecular formula is C28H43F3N2O3. The lowest BCUT2D eigenvalue weighted by Crippen LogP contribution is -2.64. The average molecular weight is 513 g/mol. The maximum atomic E-state index is 15.9. The molecular weight excluding hydrogens is 469 g/mol. The molecule has 36 heavy (non-hydrogen) atoms. The van der Waals surface area contributed by atoms with Gasteiger partial charge in [-0.15, -0.1) is 0 Å². The lowest BCUT2D eigenvalue weighted by Gasteiger charge is -2.63. The Kier molecular flexibility index (Phi) is 6.82. The van der Waals surface area contributed by atoms with Crippen LogP contribution in [0, 0.1) is 52.2 Å². The van der Waals surface area contributed by atoms with Gasteiger partial charge in [-0.05, 0) is 85.4 Å². The van der Waals surface area contributed by atoms with E-state index >= 15 is 8.78 Å². The van der Waals surface area contributed by atoms with Crippen molar-refractivity contribution in [3.8, 4) is 0 Å². The van der Waals surface area contributed by atoms with E-state index < -0.39 is 41.9 Å². The van der Waals surface area contributed by atoms with Gasteiger partial charge in [0.15, 0.2) is 5.82 Å². The maximum absolute atomic E-state index is 15.9. The molecule has 4 saturated carbocycles. The van der Waals surface area contributed by atoms with E-state index in [4.69, 9.17) is 0 Å². The minimum absolute atomic E-state index is 0.0369. The Hall–Kier alpha value is -1.12. The second kappa shape index (κ2) is 9.26. The maximum Gasteiger partial charge on any atom is 0.251 e. The van der Waals surface area contributed by atoms with E-state index in [0.29, 0.717) is 31.1 Å². The Morgan fingerprint density at radius 1 is 1.03 bits per heavy atom. The molecule has 4 N–H and O–H groups in total. The zero-order valence-electron chi connectivity index (χ0n) is 21.8. The summed E-state index contributed by atoms with van der Waals surface area (Å²) >= 11 is 0. The molecule has 0 bridgehead atoms. The van der Waals surface area contributed by atoms with Crippen LogP contribution < -0.4 is 0 Å². The van der Waals surface area contributed by atoms with Crippen molar-refractivity contribution < 1.29 is 28.5 Å². The van der Waals surface area contributed by atoms with Crippen molar-refractivity contribution >= 4 is 0 Å². The lowest BCUT2D eigenvalue weighted by atomic mass is 9.43. The number of rotatable bonds is 6. The van der Waals surface area contributed by atoms with Crippen LogP contribution in [0.25, 0.3) is 0 Å².